The molecule has 0 radical (unpaired) electrons. The summed E-state index contributed by atoms with van der Waals surface area (Å²) < 4.78 is 11.1. The van der Waals surface area contributed by atoms with Crippen molar-refractivity contribution >= 4 is 0 Å². The van der Waals surface area contributed by atoms with E-state index >= 15 is 0 Å². The standard InChI is InChI=1S/C19H26N4O2/c1-2-6-17(7-3-1)24-12-10-20-16-5-4-11-23(13-16)14-18-21-19(25-22-18)15-8-9-15/h1-3,6-7,15-16,20H,4-5,8-14H2/t16-/m1/s1. The molecule has 6 nitrogen and oxygen atoms in total. The topological polar surface area (TPSA) is 63.4 Å². The van der Waals surface area contributed by atoms with Crippen LogP contribution in [0.3, 0.4) is 0 Å². The van der Waals surface area contributed by atoms with Crippen molar-refractivity contribution in [1.29, 1.82) is 0 Å². The van der Waals surface area contributed by atoms with Gasteiger partial charge < -0.3 is 14.6 Å². The third-order valence-electron chi connectivity index (χ3n) is 4.83. The molecule has 0 spiro atoms. The molecule has 4 rings (SSSR count). The molecule has 2 heterocycles. The Balaban J connectivity index is 1.18. The molecule has 1 aliphatic heterocycles. The van der Waals surface area contributed by atoms with Gasteiger partial charge in [0.2, 0.25) is 5.89 Å². The van der Waals surface area contributed by atoms with E-state index in [4.69, 9.17) is 9.26 Å². The number of rotatable bonds is 8. The van der Waals surface area contributed by atoms with Gasteiger partial charge in [-0.05, 0) is 44.4 Å². The van der Waals surface area contributed by atoms with Crippen LogP contribution in [0.4, 0.5) is 0 Å². The van der Waals surface area contributed by atoms with E-state index in [-0.39, 0.29) is 0 Å². The van der Waals surface area contributed by atoms with Crippen LogP contribution in [0.2, 0.25) is 0 Å². The Labute approximate surface area is 148 Å². The molecule has 0 unspecified atom stereocenters. The van der Waals surface area contributed by atoms with Crippen LogP contribution < -0.4 is 10.1 Å². The summed E-state index contributed by atoms with van der Waals surface area (Å²) >= 11 is 0. The van der Waals surface area contributed by atoms with Crippen molar-refractivity contribution in [3.8, 4) is 5.75 Å². The number of piperidine rings is 1. The highest BCUT2D eigenvalue weighted by atomic mass is 16.5. The molecule has 2 fully saturated rings. The van der Waals surface area contributed by atoms with E-state index in [0.717, 1.165) is 43.6 Å². The van der Waals surface area contributed by atoms with E-state index in [0.29, 0.717) is 18.6 Å². The molecule has 6 heteroatoms. The van der Waals surface area contributed by atoms with Crippen LogP contribution >= 0.6 is 0 Å². The zero-order valence-electron chi connectivity index (χ0n) is 14.6. The van der Waals surface area contributed by atoms with Gasteiger partial charge in [0.05, 0.1) is 6.54 Å². The van der Waals surface area contributed by atoms with Gasteiger partial charge in [-0.2, -0.15) is 4.98 Å². The van der Waals surface area contributed by atoms with Crippen molar-refractivity contribution in [3.05, 3.63) is 42.0 Å². The maximum atomic E-state index is 5.74. The van der Waals surface area contributed by atoms with Crippen molar-refractivity contribution in [3.63, 3.8) is 0 Å². The number of ether oxygens (including phenoxy) is 1. The number of hydrogen-bond donors (Lipinski definition) is 1. The van der Waals surface area contributed by atoms with Crippen LogP contribution in [-0.2, 0) is 6.54 Å². The smallest absolute Gasteiger partial charge is 0.229 e. The molecule has 1 aromatic carbocycles. The molecular formula is C19H26N4O2. The molecular weight excluding hydrogens is 316 g/mol. The fraction of sp³-hybridized carbons (Fsp3) is 0.579. The summed E-state index contributed by atoms with van der Waals surface area (Å²) in [4.78, 5) is 6.96. The largest absolute Gasteiger partial charge is 0.492 e. The van der Waals surface area contributed by atoms with E-state index in [1.165, 1.54) is 25.7 Å². The van der Waals surface area contributed by atoms with Crippen LogP contribution in [0, 0.1) is 0 Å². The maximum absolute atomic E-state index is 5.74. The number of likely N-dealkylation sites (tertiary alicyclic amines) is 1. The van der Waals surface area contributed by atoms with Crippen LogP contribution in [-0.4, -0.2) is 47.3 Å². The van der Waals surface area contributed by atoms with Gasteiger partial charge in [0.25, 0.3) is 0 Å². The summed E-state index contributed by atoms with van der Waals surface area (Å²) in [6.07, 6.45) is 4.80. The molecule has 1 aromatic heterocycles. The Morgan fingerprint density at radius 1 is 1.20 bits per heavy atom. The maximum Gasteiger partial charge on any atom is 0.229 e. The van der Waals surface area contributed by atoms with E-state index < -0.39 is 0 Å². The molecule has 1 atom stereocenters. The first kappa shape index (κ1) is 16.5. The molecule has 1 saturated carbocycles. The summed E-state index contributed by atoms with van der Waals surface area (Å²) in [6.45, 7) is 4.47. The number of nitrogens with zero attached hydrogens (tertiary/aromatic N) is 3. The second kappa shape index (κ2) is 7.97. The third kappa shape index (κ3) is 4.80. The van der Waals surface area contributed by atoms with Gasteiger partial charge in [0.15, 0.2) is 5.82 Å². The van der Waals surface area contributed by atoms with Gasteiger partial charge in [-0.15, -0.1) is 0 Å². The van der Waals surface area contributed by atoms with E-state index in [1.807, 2.05) is 30.3 Å². The van der Waals surface area contributed by atoms with E-state index in [9.17, 15) is 0 Å². The normalized spacial score (nSPS) is 21.4. The van der Waals surface area contributed by atoms with E-state index in [1.54, 1.807) is 0 Å². The minimum absolute atomic E-state index is 0.503. The second-order valence-corrected chi connectivity index (χ2v) is 7.01. The van der Waals surface area contributed by atoms with Crippen molar-refractivity contribution in [2.24, 2.45) is 0 Å². The van der Waals surface area contributed by atoms with Crippen molar-refractivity contribution in [2.45, 2.75) is 44.2 Å². The Morgan fingerprint density at radius 3 is 2.92 bits per heavy atom. The number of aromatic nitrogens is 2. The zero-order valence-corrected chi connectivity index (χ0v) is 14.6. The zero-order chi connectivity index (χ0) is 16.9. The van der Waals surface area contributed by atoms with Gasteiger partial charge in [-0.3, -0.25) is 4.90 Å². The summed E-state index contributed by atoms with van der Waals surface area (Å²) in [6, 6.07) is 10.5. The molecule has 0 bridgehead atoms. The first-order valence-corrected chi connectivity index (χ1v) is 9.33. The lowest BCUT2D eigenvalue weighted by molar-refractivity contribution is 0.173. The molecule has 1 aliphatic carbocycles. The van der Waals surface area contributed by atoms with Crippen molar-refractivity contribution in [1.82, 2.24) is 20.4 Å². The molecule has 0 amide bonds. The highest BCUT2D eigenvalue weighted by Crippen LogP contribution is 2.38. The Bertz CT molecular complexity index is 656. The summed E-state index contributed by atoms with van der Waals surface area (Å²) in [5, 5.41) is 7.75. The number of benzene rings is 1. The summed E-state index contributed by atoms with van der Waals surface area (Å²) in [5.74, 6) is 3.12. The Kier molecular flexibility index (Phi) is 5.28. The summed E-state index contributed by atoms with van der Waals surface area (Å²) in [7, 11) is 0. The quantitative estimate of drug-likeness (QED) is 0.744. The first-order chi connectivity index (χ1) is 12.4. The van der Waals surface area contributed by atoms with Gasteiger partial charge in [-0.25, -0.2) is 0 Å². The molecule has 2 aromatic rings. The van der Waals surface area contributed by atoms with Crippen LogP contribution in [0.25, 0.3) is 0 Å². The Hall–Kier alpha value is -1.92. The second-order valence-electron chi connectivity index (χ2n) is 7.01. The minimum atomic E-state index is 0.503. The average Bonchev–Trinajstić information content (AvgIpc) is 3.40. The highest BCUT2D eigenvalue weighted by Gasteiger charge is 2.30. The lowest BCUT2D eigenvalue weighted by atomic mass is 10.1. The fourth-order valence-corrected chi connectivity index (χ4v) is 3.34. The third-order valence-corrected chi connectivity index (χ3v) is 4.83. The van der Waals surface area contributed by atoms with Crippen LogP contribution in [0.15, 0.2) is 34.9 Å². The van der Waals surface area contributed by atoms with Gasteiger partial charge in [0.1, 0.15) is 12.4 Å². The van der Waals surface area contributed by atoms with Crippen molar-refractivity contribution in [2.75, 3.05) is 26.2 Å². The minimum Gasteiger partial charge on any atom is -0.492 e. The SMILES string of the molecule is c1ccc(OCCN[C@@H]2CCCN(Cc3noc(C4CC4)n3)C2)cc1. The van der Waals surface area contributed by atoms with E-state index in [2.05, 4.69) is 20.4 Å². The predicted molar refractivity (Wildman–Crippen MR) is 94.5 cm³/mol. The number of hydrogen-bond acceptors (Lipinski definition) is 6. The van der Waals surface area contributed by atoms with Crippen LogP contribution in [0.5, 0.6) is 5.75 Å². The summed E-state index contributed by atoms with van der Waals surface area (Å²) in [5.41, 5.74) is 0. The Morgan fingerprint density at radius 2 is 2.08 bits per heavy atom. The lowest BCUT2D eigenvalue weighted by Crippen LogP contribution is -2.46. The lowest BCUT2D eigenvalue weighted by Gasteiger charge is -2.32. The molecule has 1 saturated heterocycles. The molecule has 134 valence electrons. The number of para-hydroxylation sites is 1. The number of nitrogens with one attached hydrogen (secondary N) is 1. The molecule has 2 aliphatic rings. The van der Waals surface area contributed by atoms with Gasteiger partial charge >= 0.3 is 0 Å². The monoisotopic (exact) mass is 342 g/mol. The molecule has 25 heavy (non-hydrogen) atoms. The van der Waals surface area contributed by atoms with Crippen molar-refractivity contribution < 1.29 is 9.26 Å². The molecule has 1 N–H and O–H groups in total. The first-order valence-electron chi connectivity index (χ1n) is 9.33. The average molecular weight is 342 g/mol. The highest BCUT2D eigenvalue weighted by molar-refractivity contribution is 5.20. The van der Waals surface area contributed by atoms with Gasteiger partial charge in [0, 0.05) is 25.0 Å². The van der Waals surface area contributed by atoms with Gasteiger partial charge in [-0.1, -0.05) is 23.4 Å². The van der Waals surface area contributed by atoms with Crippen LogP contribution in [0.1, 0.15) is 43.3 Å². The fourth-order valence-electron chi connectivity index (χ4n) is 3.34. The predicted octanol–water partition coefficient (Wildman–Crippen LogP) is 2.58.